The van der Waals surface area contributed by atoms with E-state index in [1.807, 2.05) is 4.90 Å². The summed E-state index contributed by atoms with van der Waals surface area (Å²) in [6.07, 6.45) is 8.59. The van der Waals surface area contributed by atoms with Gasteiger partial charge in [0, 0.05) is 12.8 Å². The zero-order valence-corrected chi connectivity index (χ0v) is 12.8. The quantitative estimate of drug-likeness (QED) is 0.476. The minimum Gasteiger partial charge on any atom is -0.741 e. The Morgan fingerprint density at radius 1 is 1.25 bits per heavy atom. The molecule has 0 radical (unpaired) electrons. The van der Waals surface area contributed by atoms with Crippen molar-refractivity contribution in [3.63, 3.8) is 0 Å². The highest BCUT2D eigenvalue weighted by Gasteiger charge is 2.36. The van der Waals surface area contributed by atoms with Gasteiger partial charge >= 0.3 is 5.51 Å². The van der Waals surface area contributed by atoms with Crippen LogP contribution in [-0.2, 0) is 10.1 Å². The summed E-state index contributed by atoms with van der Waals surface area (Å²) < 4.78 is 58.9. The number of unbranched alkanes of at least 4 members (excludes halogenated alkanes) is 2. The van der Waals surface area contributed by atoms with Crippen LogP contribution in [0.3, 0.4) is 0 Å². The normalized spacial score (nSPS) is 23.3. The van der Waals surface area contributed by atoms with Gasteiger partial charge in [-0.1, -0.05) is 20.3 Å². The summed E-state index contributed by atoms with van der Waals surface area (Å²) in [5.41, 5.74) is -5.65. The lowest BCUT2D eigenvalue weighted by molar-refractivity contribution is -0.912. The summed E-state index contributed by atoms with van der Waals surface area (Å²) in [6.45, 7) is 7.51. The van der Waals surface area contributed by atoms with Crippen molar-refractivity contribution in [3.8, 4) is 0 Å². The Balaban J connectivity index is 0.000000396. The molecule has 8 heteroatoms. The number of halogens is 3. The number of hydrogen-bond acceptors (Lipinski definition) is 3. The van der Waals surface area contributed by atoms with Crippen LogP contribution in [0.2, 0.25) is 0 Å². The van der Waals surface area contributed by atoms with E-state index in [1.54, 1.807) is 0 Å². The molecule has 4 nitrogen and oxygen atoms in total. The lowest BCUT2D eigenvalue weighted by Crippen LogP contribution is -3.13. The number of alkyl halides is 3. The zero-order chi connectivity index (χ0) is 15.8. The number of rotatable bonds is 5. The van der Waals surface area contributed by atoms with E-state index in [4.69, 9.17) is 13.0 Å². The van der Waals surface area contributed by atoms with Crippen LogP contribution >= 0.6 is 0 Å². The summed E-state index contributed by atoms with van der Waals surface area (Å²) in [6, 6.07) is 1.00. The molecule has 1 aliphatic rings. The fraction of sp³-hybridized carbons (Fsp3) is 1.00. The van der Waals surface area contributed by atoms with Gasteiger partial charge in [0.25, 0.3) is 0 Å². The van der Waals surface area contributed by atoms with E-state index in [1.165, 1.54) is 51.6 Å². The minimum atomic E-state index is -6.09. The molecule has 122 valence electrons. The molecule has 0 aromatic carbocycles. The summed E-state index contributed by atoms with van der Waals surface area (Å²) in [5.74, 6) is 0. The molecule has 2 unspecified atom stereocenters. The molecule has 1 fully saturated rings. The van der Waals surface area contributed by atoms with E-state index in [9.17, 15) is 13.2 Å². The maximum atomic E-state index is 10.7. The standard InChI is InChI=1S/C11H23N.CHF3O3S/c1-3-5-6-9-12-10-7-8-11(12)4-2;2-1(3,4)8(5,6)7/h11H,3-10H2,1-2H3;(H,5,6,7). The highest BCUT2D eigenvalue weighted by Crippen LogP contribution is 2.20. The summed E-state index contributed by atoms with van der Waals surface area (Å²) in [5, 5.41) is 0. The Bertz CT molecular complexity index is 357. The Labute approximate surface area is 119 Å². The van der Waals surface area contributed by atoms with E-state index >= 15 is 0 Å². The second-order valence-corrected chi connectivity index (χ2v) is 6.38. The number of quaternary nitrogens is 1. The molecule has 0 spiro atoms. The van der Waals surface area contributed by atoms with Gasteiger partial charge in [0.2, 0.25) is 0 Å². The van der Waals surface area contributed by atoms with Crippen LogP contribution in [0.5, 0.6) is 0 Å². The van der Waals surface area contributed by atoms with Gasteiger partial charge in [-0.05, 0) is 19.3 Å². The van der Waals surface area contributed by atoms with Crippen molar-refractivity contribution in [2.24, 2.45) is 0 Å². The van der Waals surface area contributed by atoms with Crippen molar-refractivity contribution in [1.82, 2.24) is 0 Å². The highest BCUT2D eigenvalue weighted by molar-refractivity contribution is 7.86. The molecule has 1 aliphatic heterocycles. The number of likely N-dealkylation sites (tertiary alicyclic amines) is 1. The molecule has 0 saturated carbocycles. The van der Waals surface area contributed by atoms with E-state index in [2.05, 4.69) is 13.8 Å². The van der Waals surface area contributed by atoms with Crippen LogP contribution in [0.25, 0.3) is 0 Å². The Morgan fingerprint density at radius 2 is 1.80 bits per heavy atom. The first kappa shape index (κ1) is 19.7. The third kappa shape index (κ3) is 7.44. The van der Waals surface area contributed by atoms with Crippen molar-refractivity contribution in [2.45, 2.75) is 63.9 Å². The predicted octanol–water partition coefficient (Wildman–Crippen LogP) is 1.69. The van der Waals surface area contributed by atoms with Gasteiger partial charge in [-0.3, -0.25) is 0 Å². The molecule has 2 atom stereocenters. The van der Waals surface area contributed by atoms with Gasteiger partial charge in [-0.25, -0.2) is 8.42 Å². The molecule has 0 aromatic rings. The van der Waals surface area contributed by atoms with Gasteiger partial charge in [0.1, 0.15) is 0 Å². The van der Waals surface area contributed by atoms with Crippen molar-refractivity contribution in [1.29, 1.82) is 0 Å². The van der Waals surface area contributed by atoms with Gasteiger partial charge in [0.05, 0.1) is 19.1 Å². The van der Waals surface area contributed by atoms with Crippen LogP contribution in [0.15, 0.2) is 0 Å². The highest BCUT2D eigenvalue weighted by atomic mass is 32.2. The molecule has 1 saturated heterocycles. The monoisotopic (exact) mass is 319 g/mol. The van der Waals surface area contributed by atoms with Gasteiger partial charge in [-0.2, -0.15) is 13.2 Å². The van der Waals surface area contributed by atoms with Crippen molar-refractivity contribution in [3.05, 3.63) is 0 Å². The van der Waals surface area contributed by atoms with E-state index < -0.39 is 15.6 Å². The average molecular weight is 319 g/mol. The fourth-order valence-electron chi connectivity index (χ4n) is 2.41. The van der Waals surface area contributed by atoms with E-state index in [0.717, 1.165) is 6.04 Å². The van der Waals surface area contributed by atoms with Crippen molar-refractivity contribution in [2.75, 3.05) is 13.1 Å². The maximum absolute atomic E-state index is 10.7. The molecular weight excluding hydrogens is 295 g/mol. The molecule has 0 aliphatic carbocycles. The first-order chi connectivity index (χ1) is 9.13. The van der Waals surface area contributed by atoms with Crippen LogP contribution in [0.4, 0.5) is 13.2 Å². The topological polar surface area (TPSA) is 61.6 Å². The third-order valence-corrected chi connectivity index (χ3v) is 4.07. The molecule has 0 aromatic heterocycles. The Hall–Kier alpha value is -0.340. The predicted molar refractivity (Wildman–Crippen MR) is 69.3 cm³/mol. The summed E-state index contributed by atoms with van der Waals surface area (Å²) >= 11 is 0. The first-order valence-corrected chi connectivity index (χ1v) is 8.41. The molecule has 0 bridgehead atoms. The maximum Gasteiger partial charge on any atom is 0.485 e. The van der Waals surface area contributed by atoms with Crippen LogP contribution in [0.1, 0.15) is 52.4 Å². The smallest absolute Gasteiger partial charge is 0.485 e. The Morgan fingerprint density at radius 3 is 2.20 bits per heavy atom. The lowest BCUT2D eigenvalue weighted by atomic mass is 10.1. The Kier molecular flexibility index (Phi) is 8.69. The van der Waals surface area contributed by atoms with Crippen LogP contribution in [0, 0.1) is 0 Å². The SMILES string of the molecule is CCCCC[NH+]1CCCC1CC.O=S(=O)([O-])C(F)(F)F. The van der Waals surface area contributed by atoms with Crippen LogP contribution < -0.4 is 4.90 Å². The molecule has 20 heavy (non-hydrogen) atoms. The van der Waals surface area contributed by atoms with Gasteiger partial charge < -0.3 is 9.45 Å². The fourth-order valence-corrected chi connectivity index (χ4v) is 2.41. The van der Waals surface area contributed by atoms with Crippen molar-refractivity contribution < 1.29 is 31.0 Å². The molecule has 1 rings (SSSR count). The van der Waals surface area contributed by atoms with Crippen molar-refractivity contribution >= 4 is 10.1 Å². The number of nitrogens with one attached hydrogen (secondary N) is 1. The lowest BCUT2D eigenvalue weighted by Gasteiger charge is -2.19. The third-order valence-electron chi connectivity index (χ3n) is 3.51. The van der Waals surface area contributed by atoms with Gasteiger partial charge in [0.15, 0.2) is 10.1 Å². The summed E-state index contributed by atoms with van der Waals surface area (Å²) in [7, 11) is -6.09. The molecule has 1 N–H and O–H groups in total. The number of hydrogen-bond donors (Lipinski definition) is 1. The molecular formula is C12H24F3NO3S. The van der Waals surface area contributed by atoms with E-state index in [-0.39, 0.29) is 0 Å². The largest absolute Gasteiger partial charge is 0.741 e. The molecule has 1 heterocycles. The zero-order valence-electron chi connectivity index (χ0n) is 12.0. The minimum absolute atomic E-state index is 1.00. The van der Waals surface area contributed by atoms with Crippen LogP contribution in [-0.4, -0.2) is 37.6 Å². The second kappa shape index (κ2) is 8.84. The second-order valence-electron chi connectivity index (χ2n) is 5.01. The first-order valence-electron chi connectivity index (χ1n) is 7.00. The van der Waals surface area contributed by atoms with E-state index in [0.29, 0.717) is 0 Å². The summed E-state index contributed by atoms with van der Waals surface area (Å²) in [4.78, 5) is 1.89. The van der Waals surface area contributed by atoms with Gasteiger partial charge in [-0.15, -0.1) is 0 Å². The molecule has 0 amide bonds. The average Bonchev–Trinajstić information content (AvgIpc) is 2.75.